The highest BCUT2D eigenvalue weighted by Crippen LogP contribution is 2.28. The van der Waals surface area contributed by atoms with Crippen LogP contribution in [0.1, 0.15) is 24.9 Å². The number of sulfonamides is 1. The summed E-state index contributed by atoms with van der Waals surface area (Å²) in [4.78, 5) is 23.9. The first-order chi connectivity index (χ1) is 16.9. The zero-order valence-corrected chi connectivity index (χ0v) is 21.2. The predicted molar refractivity (Wildman–Crippen MR) is 138 cm³/mol. The summed E-state index contributed by atoms with van der Waals surface area (Å²) >= 11 is 1.22. The number of amides is 1. The third-order valence-corrected chi connectivity index (χ3v) is 9.08. The molecule has 8 nitrogen and oxygen atoms in total. The average molecular weight is 512 g/mol. The Morgan fingerprint density at radius 1 is 1.00 bits per heavy atom. The monoisotopic (exact) mass is 511 g/mol. The third-order valence-electron chi connectivity index (χ3n) is 6.91. The maximum absolute atomic E-state index is 13.3. The highest BCUT2D eigenvalue weighted by atomic mass is 32.2. The smallest absolute Gasteiger partial charge is 0.263 e. The van der Waals surface area contributed by atoms with E-state index >= 15 is 0 Å². The fourth-order valence-corrected chi connectivity index (χ4v) is 6.68. The Hall–Kier alpha value is -2.79. The summed E-state index contributed by atoms with van der Waals surface area (Å²) in [5.74, 6) is 0.0890. The van der Waals surface area contributed by atoms with E-state index in [0.717, 1.165) is 38.3 Å². The lowest BCUT2D eigenvalue weighted by molar-refractivity contribution is -0.122. The molecule has 0 spiro atoms. The molecule has 2 saturated heterocycles. The van der Waals surface area contributed by atoms with Gasteiger partial charge in [-0.25, -0.2) is 13.4 Å². The number of nitrogens with one attached hydrogen (secondary N) is 1. The summed E-state index contributed by atoms with van der Waals surface area (Å²) in [6.45, 7) is 6.45. The molecule has 3 aromatic rings. The van der Waals surface area contributed by atoms with Crippen LogP contribution in [-0.4, -0.2) is 67.9 Å². The van der Waals surface area contributed by atoms with Crippen LogP contribution in [0, 0.1) is 0 Å². The van der Waals surface area contributed by atoms with Gasteiger partial charge in [0.15, 0.2) is 5.13 Å². The Labute approximate surface area is 210 Å². The maximum atomic E-state index is 13.3. The highest BCUT2D eigenvalue weighted by molar-refractivity contribution is 7.93. The van der Waals surface area contributed by atoms with Crippen LogP contribution >= 0.6 is 11.3 Å². The summed E-state index contributed by atoms with van der Waals surface area (Å²) < 4.78 is 27.6. The number of benzene rings is 2. The van der Waals surface area contributed by atoms with Gasteiger partial charge in [0.1, 0.15) is 0 Å². The quantitative estimate of drug-likeness (QED) is 0.523. The van der Waals surface area contributed by atoms with Gasteiger partial charge in [-0.1, -0.05) is 30.3 Å². The zero-order valence-electron chi connectivity index (χ0n) is 19.6. The Morgan fingerprint density at radius 3 is 2.37 bits per heavy atom. The molecule has 184 valence electrons. The molecule has 0 saturated carbocycles. The Balaban J connectivity index is 1.19. The molecule has 1 N–H and O–H groups in total. The Morgan fingerprint density at radius 2 is 1.71 bits per heavy atom. The normalized spacial score (nSPS) is 20.8. The largest absolute Gasteiger partial charge is 0.311 e. The average Bonchev–Trinajstić information content (AvgIpc) is 3.53. The first kappa shape index (κ1) is 23.9. The first-order valence-corrected chi connectivity index (χ1v) is 14.2. The van der Waals surface area contributed by atoms with Gasteiger partial charge in [-0.05, 0) is 43.2 Å². The van der Waals surface area contributed by atoms with Crippen molar-refractivity contribution in [2.75, 3.05) is 42.3 Å². The minimum absolute atomic E-state index is 0.0890. The first-order valence-electron chi connectivity index (χ1n) is 11.8. The standard InChI is InChI=1S/C25H29N5O3S2/c1-19(20-5-3-2-4-6-20)28-14-16-29(17-15-28)23-11-13-30(24(23)31)21-7-9-22(10-8-21)35(32,33)27-25-26-12-18-34-25/h2-10,12,18-19,23H,11,13-17H2,1H3,(H,26,27)/t19-,23-/m0/s1. The summed E-state index contributed by atoms with van der Waals surface area (Å²) in [5.41, 5.74) is 2.04. The minimum Gasteiger partial charge on any atom is -0.311 e. The van der Waals surface area contributed by atoms with Gasteiger partial charge in [0, 0.05) is 56.0 Å². The molecule has 0 aliphatic carbocycles. The molecule has 1 aromatic heterocycles. The molecule has 2 aliphatic heterocycles. The number of nitrogens with zero attached hydrogens (tertiary/aromatic N) is 4. The zero-order chi connectivity index (χ0) is 24.4. The van der Waals surface area contributed by atoms with E-state index in [0.29, 0.717) is 17.7 Å². The Bertz CT molecular complexity index is 1240. The van der Waals surface area contributed by atoms with Crippen LogP contribution in [0.25, 0.3) is 0 Å². The van der Waals surface area contributed by atoms with E-state index in [-0.39, 0.29) is 16.8 Å². The van der Waals surface area contributed by atoms with E-state index in [1.54, 1.807) is 28.6 Å². The van der Waals surface area contributed by atoms with E-state index in [1.807, 2.05) is 6.07 Å². The van der Waals surface area contributed by atoms with E-state index in [1.165, 1.54) is 29.0 Å². The third kappa shape index (κ3) is 5.11. The molecule has 10 heteroatoms. The molecule has 3 heterocycles. The fraction of sp³-hybridized carbons (Fsp3) is 0.360. The number of thiazole rings is 1. The lowest BCUT2D eigenvalue weighted by Crippen LogP contribution is -2.52. The second kappa shape index (κ2) is 10.1. The van der Waals surface area contributed by atoms with Gasteiger partial charge in [0.05, 0.1) is 10.9 Å². The molecule has 2 aromatic carbocycles. The van der Waals surface area contributed by atoms with Crippen molar-refractivity contribution in [1.82, 2.24) is 14.8 Å². The fourth-order valence-electron chi connectivity index (χ4n) is 4.89. The molecule has 0 radical (unpaired) electrons. The van der Waals surface area contributed by atoms with Crippen molar-refractivity contribution in [3.63, 3.8) is 0 Å². The van der Waals surface area contributed by atoms with E-state index in [2.05, 4.69) is 50.7 Å². The molecule has 35 heavy (non-hydrogen) atoms. The maximum Gasteiger partial charge on any atom is 0.263 e. The van der Waals surface area contributed by atoms with Gasteiger partial charge in [0.2, 0.25) is 5.91 Å². The van der Waals surface area contributed by atoms with E-state index < -0.39 is 10.0 Å². The number of hydrogen-bond acceptors (Lipinski definition) is 7. The molecule has 2 atom stereocenters. The van der Waals surface area contributed by atoms with Crippen LogP contribution in [0.3, 0.4) is 0 Å². The number of carbonyl (C=O) groups is 1. The molecule has 0 bridgehead atoms. The number of piperazine rings is 1. The number of hydrogen-bond donors (Lipinski definition) is 1. The molecule has 2 fully saturated rings. The van der Waals surface area contributed by atoms with Crippen molar-refractivity contribution in [1.29, 1.82) is 0 Å². The van der Waals surface area contributed by atoms with Gasteiger partial charge in [-0.3, -0.25) is 19.3 Å². The van der Waals surface area contributed by atoms with E-state index in [4.69, 9.17) is 0 Å². The lowest BCUT2D eigenvalue weighted by Gasteiger charge is -2.40. The van der Waals surface area contributed by atoms with Crippen LogP contribution < -0.4 is 9.62 Å². The summed E-state index contributed by atoms with van der Waals surface area (Å²) in [6.07, 6.45) is 2.32. The van der Waals surface area contributed by atoms with Crippen molar-refractivity contribution in [2.45, 2.75) is 30.3 Å². The van der Waals surface area contributed by atoms with Crippen molar-refractivity contribution in [2.24, 2.45) is 0 Å². The minimum atomic E-state index is -3.72. The van der Waals surface area contributed by atoms with Crippen LogP contribution in [0.4, 0.5) is 10.8 Å². The second-order valence-corrected chi connectivity index (χ2v) is 11.5. The molecule has 0 unspecified atom stereocenters. The van der Waals surface area contributed by atoms with Crippen molar-refractivity contribution >= 4 is 38.1 Å². The van der Waals surface area contributed by atoms with Gasteiger partial charge in [-0.15, -0.1) is 11.3 Å². The van der Waals surface area contributed by atoms with Gasteiger partial charge >= 0.3 is 0 Å². The summed E-state index contributed by atoms with van der Waals surface area (Å²) in [7, 11) is -3.72. The predicted octanol–water partition coefficient (Wildman–Crippen LogP) is 3.43. The number of anilines is 2. The molecule has 5 rings (SSSR count). The van der Waals surface area contributed by atoms with Crippen LogP contribution in [-0.2, 0) is 14.8 Å². The summed E-state index contributed by atoms with van der Waals surface area (Å²) in [5, 5.41) is 2.03. The van der Waals surface area contributed by atoms with Gasteiger partial charge in [-0.2, -0.15) is 0 Å². The van der Waals surface area contributed by atoms with Crippen molar-refractivity contribution in [3.8, 4) is 0 Å². The van der Waals surface area contributed by atoms with Crippen molar-refractivity contribution in [3.05, 3.63) is 71.7 Å². The lowest BCUT2D eigenvalue weighted by atomic mass is 10.1. The number of aromatic nitrogens is 1. The topological polar surface area (TPSA) is 85.8 Å². The highest BCUT2D eigenvalue weighted by Gasteiger charge is 2.38. The summed E-state index contributed by atoms with van der Waals surface area (Å²) in [6, 6.07) is 17.2. The van der Waals surface area contributed by atoms with Crippen LogP contribution in [0.5, 0.6) is 0 Å². The molecular formula is C25H29N5O3S2. The van der Waals surface area contributed by atoms with E-state index in [9.17, 15) is 13.2 Å². The number of carbonyl (C=O) groups excluding carboxylic acids is 1. The van der Waals surface area contributed by atoms with Gasteiger partial charge in [0.25, 0.3) is 10.0 Å². The van der Waals surface area contributed by atoms with Gasteiger partial charge < -0.3 is 4.90 Å². The van der Waals surface area contributed by atoms with Crippen LogP contribution in [0.15, 0.2) is 71.1 Å². The molecular weight excluding hydrogens is 482 g/mol. The second-order valence-electron chi connectivity index (χ2n) is 8.89. The SMILES string of the molecule is C[C@@H](c1ccccc1)N1CCN([C@H]2CCN(c3ccc(S(=O)(=O)Nc4nccs4)cc3)C2=O)CC1. The number of rotatable bonds is 7. The molecule has 2 aliphatic rings. The van der Waals surface area contributed by atoms with Crippen molar-refractivity contribution < 1.29 is 13.2 Å². The van der Waals surface area contributed by atoms with Crippen LogP contribution in [0.2, 0.25) is 0 Å². The Kier molecular flexibility index (Phi) is 6.88. The molecule has 1 amide bonds.